The van der Waals surface area contributed by atoms with E-state index in [2.05, 4.69) is 49.7 Å². The summed E-state index contributed by atoms with van der Waals surface area (Å²) in [5.41, 5.74) is 1.89. The van der Waals surface area contributed by atoms with Crippen LogP contribution in [0.3, 0.4) is 0 Å². The van der Waals surface area contributed by atoms with Crippen LogP contribution in [0.1, 0.15) is 19.4 Å². The molecule has 0 unspecified atom stereocenters. The van der Waals surface area contributed by atoms with E-state index in [1.807, 2.05) is 19.9 Å². The zero-order chi connectivity index (χ0) is 25.5. The van der Waals surface area contributed by atoms with Crippen LogP contribution in [-0.4, -0.2) is 72.0 Å². The molecule has 0 spiro atoms. The Morgan fingerprint density at radius 2 is 1.75 bits per heavy atom. The number of nitrogens with zero attached hydrogens (tertiary/aromatic N) is 3. The summed E-state index contributed by atoms with van der Waals surface area (Å²) in [6.45, 7) is 9.22. The quantitative estimate of drug-likeness (QED) is 0.467. The van der Waals surface area contributed by atoms with E-state index >= 15 is 0 Å². The van der Waals surface area contributed by atoms with E-state index in [-0.39, 0.29) is 0 Å². The molecule has 2 aromatic carbocycles. The van der Waals surface area contributed by atoms with Gasteiger partial charge in [0.25, 0.3) is 0 Å². The number of benzene rings is 2. The molecule has 0 saturated carbocycles. The molecule has 190 valence electrons. The molecule has 1 saturated heterocycles. The highest BCUT2D eigenvalue weighted by Crippen LogP contribution is 2.32. The predicted molar refractivity (Wildman–Crippen MR) is 138 cm³/mol. The number of nitrogens with one attached hydrogen (secondary N) is 2. The van der Waals surface area contributed by atoms with Crippen molar-refractivity contribution in [3.63, 3.8) is 0 Å². The molecule has 0 bridgehead atoms. The van der Waals surface area contributed by atoms with Crippen LogP contribution >= 0.6 is 0 Å². The zero-order valence-electron chi connectivity index (χ0n) is 21.0. The monoisotopic (exact) mass is 491 g/mol. The Morgan fingerprint density at radius 3 is 2.42 bits per heavy atom. The van der Waals surface area contributed by atoms with Crippen molar-refractivity contribution >= 4 is 17.5 Å². The molecule has 1 aliphatic rings. The van der Waals surface area contributed by atoms with Crippen LogP contribution in [0, 0.1) is 0 Å². The van der Waals surface area contributed by atoms with Gasteiger partial charge < -0.3 is 19.8 Å². The van der Waals surface area contributed by atoms with Crippen molar-refractivity contribution in [1.29, 1.82) is 0 Å². The second kappa shape index (κ2) is 11.4. The van der Waals surface area contributed by atoms with Crippen molar-refractivity contribution in [2.45, 2.75) is 25.9 Å². The summed E-state index contributed by atoms with van der Waals surface area (Å²) in [5.74, 6) is -0.368. The number of ether oxygens (including phenoxy) is 1. The Hall–Kier alpha value is -3.69. The fraction of sp³-hybridized carbons (Fsp3) is 0.370. The van der Waals surface area contributed by atoms with Gasteiger partial charge in [0.1, 0.15) is 5.75 Å². The number of amides is 2. The van der Waals surface area contributed by atoms with Gasteiger partial charge in [0.2, 0.25) is 0 Å². The molecule has 4 rings (SSSR count). The Morgan fingerprint density at radius 1 is 1.03 bits per heavy atom. The number of methoxy groups -OCH3 is 1. The van der Waals surface area contributed by atoms with Crippen molar-refractivity contribution in [2.75, 3.05) is 45.2 Å². The second-order valence-electron chi connectivity index (χ2n) is 9.61. The summed E-state index contributed by atoms with van der Waals surface area (Å²) in [7, 11) is 1.53. The van der Waals surface area contributed by atoms with Gasteiger partial charge in [0.15, 0.2) is 12.2 Å². The first kappa shape index (κ1) is 25.4. The highest BCUT2D eigenvalue weighted by Gasteiger charge is 2.28. The number of oxazole rings is 1. The molecule has 1 aliphatic heterocycles. The van der Waals surface area contributed by atoms with Gasteiger partial charge in [-0.1, -0.05) is 30.3 Å². The lowest BCUT2D eigenvalue weighted by Crippen LogP contribution is -2.57. The Balaban J connectivity index is 1.26. The SMILES string of the molecule is COc1cc(NC(=O)C(=O)NC(C)(C)CN2CCN(Cc3ccccc3)CC2)ccc1-c1cnco1. The molecule has 0 atom stereocenters. The zero-order valence-corrected chi connectivity index (χ0v) is 21.0. The van der Waals surface area contributed by atoms with E-state index < -0.39 is 17.4 Å². The van der Waals surface area contributed by atoms with E-state index in [1.165, 1.54) is 19.1 Å². The van der Waals surface area contributed by atoms with Crippen LogP contribution in [0.4, 0.5) is 5.69 Å². The predicted octanol–water partition coefficient (Wildman–Crippen LogP) is 3.00. The standard InChI is InChI=1S/C27H33N5O4/c1-27(2,18-32-13-11-31(12-14-32)17-20-7-5-4-6-8-20)30-26(34)25(33)29-21-9-10-22(23(15-21)35-3)24-16-28-19-36-24/h4-10,15-16,19H,11-14,17-18H2,1-3H3,(H,29,33)(H,30,34). The fourth-order valence-electron chi connectivity index (χ4n) is 4.42. The van der Waals surface area contributed by atoms with E-state index in [4.69, 9.17) is 9.15 Å². The van der Waals surface area contributed by atoms with Gasteiger partial charge in [-0.2, -0.15) is 0 Å². The van der Waals surface area contributed by atoms with Crippen LogP contribution < -0.4 is 15.4 Å². The third-order valence-corrected chi connectivity index (χ3v) is 6.15. The van der Waals surface area contributed by atoms with Crippen molar-refractivity contribution in [3.05, 3.63) is 66.7 Å². The number of anilines is 1. The molecule has 0 radical (unpaired) electrons. The number of carbonyl (C=O) groups is 2. The lowest BCUT2D eigenvalue weighted by molar-refractivity contribution is -0.137. The molecule has 0 aliphatic carbocycles. The number of hydrogen-bond acceptors (Lipinski definition) is 7. The lowest BCUT2D eigenvalue weighted by Gasteiger charge is -2.39. The molecule has 9 nitrogen and oxygen atoms in total. The van der Waals surface area contributed by atoms with Crippen molar-refractivity contribution in [2.24, 2.45) is 0 Å². The molecule has 3 aromatic rings. The third kappa shape index (κ3) is 6.71. The van der Waals surface area contributed by atoms with Gasteiger partial charge in [-0.15, -0.1) is 0 Å². The van der Waals surface area contributed by atoms with E-state index in [0.29, 0.717) is 29.3 Å². The van der Waals surface area contributed by atoms with Crippen molar-refractivity contribution in [3.8, 4) is 17.1 Å². The summed E-state index contributed by atoms with van der Waals surface area (Å²) in [6.07, 6.45) is 2.91. The fourth-order valence-corrected chi connectivity index (χ4v) is 4.42. The molecular formula is C27H33N5O4. The van der Waals surface area contributed by atoms with Crippen LogP contribution in [0.2, 0.25) is 0 Å². The first-order chi connectivity index (χ1) is 17.3. The second-order valence-corrected chi connectivity index (χ2v) is 9.61. The first-order valence-corrected chi connectivity index (χ1v) is 12.0. The van der Waals surface area contributed by atoms with Gasteiger partial charge in [0.05, 0.1) is 18.9 Å². The summed E-state index contributed by atoms with van der Waals surface area (Å²) in [5, 5.41) is 5.52. The molecule has 9 heteroatoms. The van der Waals surface area contributed by atoms with Crippen molar-refractivity contribution < 1.29 is 18.7 Å². The average Bonchev–Trinajstić information content (AvgIpc) is 3.40. The Kier molecular flexibility index (Phi) is 8.02. The molecule has 2 amide bonds. The minimum atomic E-state index is -0.731. The number of aromatic nitrogens is 1. The van der Waals surface area contributed by atoms with Gasteiger partial charge in [-0.05, 0) is 31.5 Å². The van der Waals surface area contributed by atoms with Crippen LogP contribution in [-0.2, 0) is 16.1 Å². The highest BCUT2D eigenvalue weighted by atomic mass is 16.5. The number of piperazine rings is 1. The Bertz CT molecular complexity index is 1160. The molecule has 2 N–H and O–H groups in total. The first-order valence-electron chi connectivity index (χ1n) is 12.0. The largest absolute Gasteiger partial charge is 0.496 e. The molecular weight excluding hydrogens is 458 g/mol. The topological polar surface area (TPSA) is 99.9 Å². The molecule has 2 heterocycles. The summed E-state index contributed by atoms with van der Waals surface area (Å²) < 4.78 is 10.7. The van der Waals surface area contributed by atoms with Crippen LogP contribution in [0.5, 0.6) is 5.75 Å². The van der Waals surface area contributed by atoms with Crippen LogP contribution in [0.15, 0.2) is 65.5 Å². The minimum Gasteiger partial charge on any atom is -0.496 e. The molecule has 1 fully saturated rings. The maximum Gasteiger partial charge on any atom is 0.313 e. The van der Waals surface area contributed by atoms with E-state index in [9.17, 15) is 9.59 Å². The maximum absolute atomic E-state index is 12.7. The Labute approximate surface area is 211 Å². The van der Waals surface area contributed by atoms with E-state index in [0.717, 1.165) is 32.7 Å². The summed E-state index contributed by atoms with van der Waals surface area (Å²) in [6, 6.07) is 15.5. The maximum atomic E-state index is 12.7. The summed E-state index contributed by atoms with van der Waals surface area (Å²) in [4.78, 5) is 33.9. The molecule has 36 heavy (non-hydrogen) atoms. The van der Waals surface area contributed by atoms with Gasteiger partial charge in [0, 0.05) is 56.6 Å². The van der Waals surface area contributed by atoms with Gasteiger partial charge >= 0.3 is 11.8 Å². The van der Waals surface area contributed by atoms with Crippen molar-refractivity contribution in [1.82, 2.24) is 20.1 Å². The van der Waals surface area contributed by atoms with Crippen LogP contribution in [0.25, 0.3) is 11.3 Å². The summed E-state index contributed by atoms with van der Waals surface area (Å²) >= 11 is 0. The number of carbonyl (C=O) groups excluding carboxylic acids is 2. The van der Waals surface area contributed by atoms with Gasteiger partial charge in [-0.3, -0.25) is 19.4 Å². The average molecular weight is 492 g/mol. The number of hydrogen-bond donors (Lipinski definition) is 2. The third-order valence-electron chi connectivity index (χ3n) is 6.15. The minimum absolute atomic E-state index is 0.447. The highest BCUT2D eigenvalue weighted by molar-refractivity contribution is 6.39. The van der Waals surface area contributed by atoms with Gasteiger partial charge in [-0.25, -0.2) is 4.98 Å². The van der Waals surface area contributed by atoms with E-state index in [1.54, 1.807) is 24.4 Å². The lowest BCUT2D eigenvalue weighted by atomic mass is 10.0. The normalized spacial score (nSPS) is 14.9. The smallest absolute Gasteiger partial charge is 0.313 e. The number of rotatable bonds is 8. The molecule has 1 aromatic heterocycles.